The summed E-state index contributed by atoms with van der Waals surface area (Å²) in [5.41, 5.74) is -0.397. The van der Waals surface area contributed by atoms with Gasteiger partial charge in [0.25, 0.3) is 0 Å². The van der Waals surface area contributed by atoms with Gasteiger partial charge in [-0.2, -0.15) is 10.5 Å². The quantitative estimate of drug-likeness (QED) is 0.499. The molecule has 1 N–H and O–H groups in total. The highest BCUT2D eigenvalue weighted by Crippen LogP contribution is 2.08. The van der Waals surface area contributed by atoms with Crippen LogP contribution < -0.4 is 0 Å². The molecule has 1 heterocycles. The Balaban J connectivity index is 3.21. The molecule has 0 spiro atoms. The topological polar surface area (TPSA) is 93.6 Å². The fraction of sp³-hybridized carbons (Fsp3) is 0. The number of hydrogen-bond donors (Lipinski definition) is 1. The first-order chi connectivity index (χ1) is 6.29. The maximum atomic E-state index is 9.29. The molecule has 0 aliphatic heterocycles. The zero-order valence-electron chi connectivity index (χ0n) is 6.47. The van der Waals surface area contributed by atoms with Gasteiger partial charge in [0.1, 0.15) is 12.1 Å². The van der Waals surface area contributed by atoms with Crippen molar-refractivity contribution in [2.24, 2.45) is 0 Å². The summed E-state index contributed by atoms with van der Waals surface area (Å²) in [5.74, 6) is -0.522. The molecule has 0 saturated heterocycles. The lowest BCUT2D eigenvalue weighted by Crippen LogP contribution is -1.94. The molecule has 1 aromatic heterocycles. The molecule has 0 fully saturated rings. The smallest absolute Gasteiger partial charge is 0.196 e. The lowest BCUT2D eigenvalue weighted by atomic mass is 10.2. The van der Waals surface area contributed by atoms with Crippen LogP contribution in [0, 0.1) is 22.7 Å². The number of rotatable bonds is 1. The van der Waals surface area contributed by atoms with Gasteiger partial charge in [0.15, 0.2) is 17.2 Å². The first-order valence-electron chi connectivity index (χ1n) is 3.30. The minimum absolute atomic E-state index is 0.0272. The molecule has 5 heteroatoms. The maximum absolute atomic E-state index is 9.29. The predicted octanol–water partition coefficient (Wildman–Crippen LogP) is 0.793. The average Bonchev–Trinajstić information content (AvgIpc) is 2.21. The molecule has 0 unspecified atom stereocenters. The standard InChI is InChI=1S/C8H4N4O/c9-4-6(5-10)7(13)8-11-2-1-3-12-8/h1-3,13H. The monoisotopic (exact) mass is 172 g/mol. The molecule has 62 valence electrons. The predicted molar refractivity (Wildman–Crippen MR) is 42.8 cm³/mol. The van der Waals surface area contributed by atoms with Crippen LogP contribution in [0.2, 0.25) is 0 Å². The van der Waals surface area contributed by atoms with E-state index >= 15 is 0 Å². The zero-order chi connectivity index (χ0) is 9.68. The Morgan fingerprint density at radius 1 is 1.23 bits per heavy atom. The lowest BCUT2D eigenvalue weighted by Gasteiger charge is -1.95. The van der Waals surface area contributed by atoms with Gasteiger partial charge in [-0.05, 0) is 6.07 Å². The Morgan fingerprint density at radius 2 is 1.77 bits per heavy atom. The molecule has 0 radical (unpaired) electrons. The molecule has 0 aromatic carbocycles. The summed E-state index contributed by atoms with van der Waals surface area (Å²) < 4.78 is 0. The maximum Gasteiger partial charge on any atom is 0.196 e. The first kappa shape index (κ1) is 8.69. The van der Waals surface area contributed by atoms with Gasteiger partial charge in [0, 0.05) is 12.4 Å². The third kappa shape index (κ3) is 1.79. The summed E-state index contributed by atoms with van der Waals surface area (Å²) in [7, 11) is 0. The Hall–Kier alpha value is -2.40. The van der Waals surface area contributed by atoms with E-state index in [0.717, 1.165) is 0 Å². The Bertz CT molecular complexity index is 394. The van der Waals surface area contributed by atoms with Crippen molar-refractivity contribution >= 4 is 5.76 Å². The Labute approximate surface area is 74.2 Å². The van der Waals surface area contributed by atoms with Crippen molar-refractivity contribution in [1.29, 1.82) is 10.5 Å². The summed E-state index contributed by atoms with van der Waals surface area (Å²) in [6.07, 6.45) is 2.82. The van der Waals surface area contributed by atoms with E-state index in [1.807, 2.05) is 0 Å². The highest BCUT2D eigenvalue weighted by molar-refractivity contribution is 5.64. The van der Waals surface area contributed by atoms with Gasteiger partial charge in [0.2, 0.25) is 0 Å². The Kier molecular flexibility index (Phi) is 2.57. The second kappa shape index (κ2) is 3.84. The molecular weight excluding hydrogens is 168 g/mol. The van der Waals surface area contributed by atoms with Crippen molar-refractivity contribution in [1.82, 2.24) is 9.97 Å². The highest BCUT2D eigenvalue weighted by Gasteiger charge is 2.08. The molecule has 0 aliphatic carbocycles. The summed E-state index contributed by atoms with van der Waals surface area (Å²) in [5, 5.41) is 26.1. The highest BCUT2D eigenvalue weighted by atomic mass is 16.3. The van der Waals surface area contributed by atoms with Gasteiger partial charge in [-0.15, -0.1) is 0 Å². The van der Waals surface area contributed by atoms with Gasteiger partial charge in [-0.1, -0.05) is 0 Å². The number of hydrogen-bond acceptors (Lipinski definition) is 5. The fourth-order valence-electron chi connectivity index (χ4n) is 0.664. The van der Waals surface area contributed by atoms with Crippen molar-refractivity contribution in [3.63, 3.8) is 0 Å². The van der Waals surface area contributed by atoms with E-state index in [0.29, 0.717) is 0 Å². The summed E-state index contributed by atoms with van der Waals surface area (Å²) in [6.45, 7) is 0. The third-order valence-corrected chi connectivity index (χ3v) is 1.24. The summed E-state index contributed by atoms with van der Waals surface area (Å²) in [6, 6.07) is 4.64. The van der Waals surface area contributed by atoms with E-state index in [1.165, 1.54) is 24.5 Å². The van der Waals surface area contributed by atoms with Gasteiger partial charge in [0.05, 0.1) is 0 Å². The third-order valence-electron chi connectivity index (χ3n) is 1.24. The zero-order valence-corrected chi connectivity index (χ0v) is 6.47. The molecule has 13 heavy (non-hydrogen) atoms. The number of aliphatic hydroxyl groups is 1. The molecule has 0 amide bonds. The van der Waals surface area contributed by atoms with E-state index < -0.39 is 11.3 Å². The van der Waals surface area contributed by atoms with Crippen LogP contribution in [0.25, 0.3) is 5.76 Å². The van der Waals surface area contributed by atoms with E-state index in [4.69, 9.17) is 10.5 Å². The molecule has 5 nitrogen and oxygen atoms in total. The molecular formula is C8H4N4O. The number of aromatic nitrogens is 2. The number of allylic oxidation sites excluding steroid dienone is 1. The molecule has 0 bridgehead atoms. The second-order valence-corrected chi connectivity index (χ2v) is 2.02. The van der Waals surface area contributed by atoms with Crippen molar-refractivity contribution in [3.05, 3.63) is 29.9 Å². The van der Waals surface area contributed by atoms with Gasteiger partial charge in [-0.25, -0.2) is 9.97 Å². The minimum atomic E-state index is -0.495. The van der Waals surface area contributed by atoms with Gasteiger partial charge < -0.3 is 5.11 Å². The average molecular weight is 172 g/mol. The largest absolute Gasteiger partial charge is 0.503 e. The van der Waals surface area contributed by atoms with E-state index in [-0.39, 0.29) is 5.82 Å². The van der Waals surface area contributed by atoms with Crippen LogP contribution in [0.4, 0.5) is 0 Å². The van der Waals surface area contributed by atoms with Crippen molar-refractivity contribution in [3.8, 4) is 12.1 Å². The number of nitrogens with zero attached hydrogens (tertiary/aromatic N) is 4. The normalized spacial score (nSPS) is 8.15. The van der Waals surface area contributed by atoms with Crippen LogP contribution in [-0.4, -0.2) is 15.1 Å². The SMILES string of the molecule is N#CC(C#N)=C(O)c1ncccn1. The Morgan fingerprint density at radius 3 is 2.23 bits per heavy atom. The number of aliphatic hydroxyl groups excluding tert-OH is 1. The van der Waals surface area contributed by atoms with Crippen LogP contribution in [0.1, 0.15) is 5.82 Å². The second-order valence-electron chi connectivity index (χ2n) is 2.02. The molecule has 0 aliphatic rings. The first-order valence-corrected chi connectivity index (χ1v) is 3.30. The minimum Gasteiger partial charge on any atom is -0.503 e. The van der Waals surface area contributed by atoms with Crippen LogP contribution in [0.5, 0.6) is 0 Å². The van der Waals surface area contributed by atoms with Gasteiger partial charge >= 0.3 is 0 Å². The van der Waals surface area contributed by atoms with Crippen LogP contribution in [0.15, 0.2) is 24.0 Å². The lowest BCUT2D eigenvalue weighted by molar-refractivity contribution is 0.502. The molecule has 1 rings (SSSR count). The summed E-state index contributed by atoms with van der Waals surface area (Å²) in [4.78, 5) is 7.35. The molecule has 0 saturated carbocycles. The summed E-state index contributed by atoms with van der Waals surface area (Å²) >= 11 is 0. The van der Waals surface area contributed by atoms with E-state index in [1.54, 1.807) is 6.07 Å². The van der Waals surface area contributed by atoms with Crippen molar-refractivity contribution in [2.75, 3.05) is 0 Å². The van der Waals surface area contributed by atoms with Crippen molar-refractivity contribution < 1.29 is 5.11 Å². The molecule has 1 aromatic rings. The van der Waals surface area contributed by atoms with Crippen molar-refractivity contribution in [2.45, 2.75) is 0 Å². The van der Waals surface area contributed by atoms with E-state index in [2.05, 4.69) is 9.97 Å². The van der Waals surface area contributed by atoms with E-state index in [9.17, 15) is 5.11 Å². The van der Waals surface area contributed by atoms with Gasteiger partial charge in [-0.3, -0.25) is 0 Å². The number of nitriles is 2. The van der Waals surface area contributed by atoms with Crippen LogP contribution in [-0.2, 0) is 0 Å². The van der Waals surface area contributed by atoms with Crippen LogP contribution >= 0.6 is 0 Å². The van der Waals surface area contributed by atoms with Crippen LogP contribution in [0.3, 0.4) is 0 Å². The fourth-order valence-corrected chi connectivity index (χ4v) is 0.664. The molecule has 0 atom stereocenters.